The number of rotatable bonds is 3. The molecule has 0 aliphatic rings. The van der Waals surface area contributed by atoms with Crippen LogP contribution in [0.1, 0.15) is 25.4 Å². The number of amides is 2. The van der Waals surface area contributed by atoms with Crippen LogP contribution < -0.4 is 10.7 Å². The summed E-state index contributed by atoms with van der Waals surface area (Å²) < 4.78 is 5.19. The third kappa shape index (κ3) is 4.50. The topological polar surface area (TPSA) is 83.7 Å². The number of nitrogens with zero attached hydrogens (tertiary/aromatic N) is 1. The quantitative estimate of drug-likeness (QED) is 0.458. The molecule has 0 aromatic carbocycles. The minimum Gasteiger partial charge on any atom is -0.460 e. The second kappa shape index (κ2) is 5.83. The van der Waals surface area contributed by atoms with E-state index in [1.165, 1.54) is 6.21 Å². The highest BCUT2D eigenvalue weighted by Crippen LogP contribution is 2.02. The number of furan rings is 1. The third-order valence-corrected chi connectivity index (χ3v) is 1.75. The van der Waals surface area contributed by atoms with Crippen LogP contribution in [-0.2, 0) is 9.59 Å². The molecule has 6 nitrogen and oxygen atoms in total. The summed E-state index contributed by atoms with van der Waals surface area (Å²) in [4.78, 5) is 22.4. The Labute approximate surface area is 99.1 Å². The molecule has 0 atom stereocenters. The van der Waals surface area contributed by atoms with Gasteiger partial charge >= 0.3 is 11.8 Å². The molecule has 1 aromatic heterocycles. The summed E-state index contributed by atoms with van der Waals surface area (Å²) in [7, 11) is 0. The predicted molar refractivity (Wildman–Crippen MR) is 62.5 cm³/mol. The second-order valence-corrected chi connectivity index (χ2v) is 3.78. The summed E-state index contributed by atoms with van der Waals surface area (Å²) in [6.45, 7) is 5.33. The molecule has 0 aliphatic carbocycles. The summed E-state index contributed by atoms with van der Waals surface area (Å²) in [5.74, 6) is -0.270. The SMILES string of the molecule is Cc1ccc(C=NNC(=O)C(=O)NC(C)C)o1. The fraction of sp³-hybridized carbons (Fsp3) is 0.364. The first-order valence-corrected chi connectivity index (χ1v) is 5.19. The van der Waals surface area contributed by atoms with E-state index >= 15 is 0 Å². The van der Waals surface area contributed by atoms with Crippen molar-refractivity contribution in [1.82, 2.24) is 10.7 Å². The third-order valence-electron chi connectivity index (χ3n) is 1.75. The van der Waals surface area contributed by atoms with Crippen molar-refractivity contribution in [2.75, 3.05) is 0 Å². The van der Waals surface area contributed by atoms with Gasteiger partial charge in [0.15, 0.2) is 0 Å². The summed E-state index contributed by atoms with van der Waals surface area (Å²) in [5.41, 5.74) is 2.10. The van der Waals surface area contributed by atoms with E-state index < -0.39 is 11.8 Å². The standard InChI is InChI=1S/C11H15N3O3/c1-7(2)13-10(15)11(16)14-12-6-9-5-4-8(3)17-9/h4-7H,1-3H3,(H,13,15)(H,14,16). The number of carbonyl (C=O) groups is 2. The highest BCUT2D eigenvalue weighted by atomic mass is 16.3. The summed E-state index contributed by atoms with van der Waals surface area (Å²) >= 11 is 0. The maximum atomic E-state index is 11.2. The van der Waals surface area contributed by atoms with Crippen molar-refractivity contribution in [3.8, 4) is 0 Å². The lowest BCUT2D eigenvalue weighted by molar-refractivity contribution is -0.139. The Bertz CT molecular complexity index is 435. The van der Waals surface area contributed by atoms with Crippen molar-refractivity contribution in [2.24, 2.45) is 5.10 Å². The first kappa shape index (κ1) is 13.0. The minimum absolute atomic E-state index is 0.0926. The number of hydrogen-bond acceptors (Lipinski definition) is 4. The second-order valence-electron chi connectivity index (χ2n) is 3.78. The van der Waals surface area contributed by atoms with Crippen molar-refractivity contribution in [2.45, 2.75) is 26.8 Å². The zero-order chi connectivity index (χ0) is 12.8. The average Bonchev–Trinajstić information content (AvgIpc) is 2.63. The average molecular weight is 237 g/mol. The molecule has 0 spiro atoms. The van der Waals surface area contributed by atoms with Gasteiger partial charge in [0, 0.05) is 6.04 Å². The Morgan fingerprint density at radius 3 is 2.59 bits per heavy atom. The largest absolute Gasteiger partial charge is 0.460 e. The Hall–Kier alpha value is -2.11. The van der Waals surface area contributed by atoms with Gasteiger partial charge in [0.25, 0.3) is 0 Å². The van der Waals surface area contributed by atoms with Crippen molar-refractivity contribution >= 4 is 18.0 Å². The van der Waals surface area contributed by atoms with Gasteiger partial charge in [0.2, 0.25) is 0 Å². The molecule has 0 saturated carbocycles. The van der Waals surface area contributed by atoms with Gasteiger partial charge in [-0.05, 0) is 32.9 Å². The van der Waals surface area contributed by atoms with Crippen molar-refractivity contribution in [3.63, 3.8) is 0 Å². The lowest BCUT2D eigenvalue weighted by Crippen LogP contribution is -2.41. The van der Waals surface area contributed by atoms with E-state index in [0.717, 1.165) is 5.76 Å². The molecular weight excluding hydrogens is 222 g/mol. The van der Waals surface area contributed by atoms with Crippen LogP contribution in [0.3, 0.4) is 0 Å². The highest BCUT2D eigenvalue weighted by Gasteiger charge is 2.12. The molecule has 0 bridgehead atoms. The smallest absolute Gasteiger partial charge is 0.329 e. The monoisotopic (exact) mass is 237 g/mol. The fourth-order valence-corrected chi connectivity index (χ4v) is 1.06. The molecule has 0 fully saturated rings. The van der Waals surface area contributed by atoms with E-state index in [1.54, 1.807) is 32.9 Å². The maximum Gasteiger partial charge on any atom is 0.329 e. The summed E-state index contributed by atoms with van der Waals surface area (Å²) in [6, 6.07) is 3.39. The van der Waals surface area contributed by atoms with E-state index in [0.29, 0.717) is 5.76 Å². The molecule has 0 aliphatic heterocycles. The van der Waals surface area contributed by atoms with Crippen LogP contribution in [0.25, 0.3) is 0 Å². The van der Waals surface area contributed by atoms with Gasteiger partial charge in [-0.1, -0.05) is 0 Å². The maximum absolute atomic E-state index is 11.2. The number of aryl methyl sites for hydroxylation is 1. The lowest BCUT2D eigenvalue weighted by atomic mass is 10.4. The minimum atomic E-state index is -0.807. The van der Waals surface area contributed by atoms with Gasteiger partial charge in [0.05, 0.1) is 6.21 Å². The van der Waals surface area contributed by atoms with Gasteiger partial charge in [-0.3, -0.25) is 9.59 Å². The molecule has 92 valence electrons. The van der Waals surface area contributed by atoms with E-state index in [-0.39, 0.29) is 6.04 Å². The van der Waals surface area contributed by atoms with Gasteiger partial charge in [-0.25, -0.2) is 5.43 Å². The Morgan fingerprint density at radius 1 is 1.35 bits per heavy atom. The molecule has 2 amide bonds. The summed E-state index contributed by atoms with van der Waals surface area (Å²) in [6.07, 6.45) is 1.33. The van der Waals surface area contributed by atoms with Crippen LogP contribution in [0.2, 0.25) is 0 Å². The Kier molecular flexibility index (Phi) is 4.45. The number of hydrazone groups is 1. The van der Waals surface area contributed by atoms with Gasteiger partial charge in [-0.2, -0.15) is 5.10 Å². The van der Waals surface area contributed by atoms with E-state index in [4.69, 9.17) is 4.42 Å². The predicted octanol–water partition coefficient (Wildman–Crippen LogP) is 0.563. The summed E-state index contributed by atoms with van der Waals surface area (Å²) in [5, 5.41) is 6.05. The molecule has 0 unspecified atom stereocenters. The van der Waals surface area contributed by atoms with Crippen LogP contribution in [0, 0.1) is 6.92 Å². The first-order chi connectivity index (χ1) is 7.99. The van der Waals surface area contributed by atoms with Crippen molar-refractivity contribution < 1.29 is 14.0 Å². The van der Waals surface area contributed by atoms with Crippen molar-refractivity contribution in [3.05, 3.63) is 23.7 Å². The Balaban J connectivity index is 2.42. The van der Waals surface area contributed by atoms with Crippen molar-refractivity contribution in [1.29, 1.82) is 0 Å². The van der Waals surface area contributed by atoms with Crippen LogP contribution >= 0.6 is 0 Å². The van der Waals surface area contributed by atoms with Crippen LogP contribution in [-0.4, -0.2) is 24.1 Å². The van der Waals surface area contributed by atoms with E-state index in [1.807, 2.05) is 0 Å². The molecular formula is C11H15N3O3. The Morgan fingerprint density at radius 2 is 2.06 bits per heavy atom. The fourth-order valence-electron chi connectivity index (χ4n) is 1.06. The van der Waals surface area contributed by atoms with Gasteiger partial charge in [0.1, 0.15) is 11.5 Å². The van der Waals surface area contributed by atoms with Crippen LogP contribution in [0.15, 0.2) is 21.7 Å². The number of nitrogens with one attached hydrogen (secondary N) is 2. The normalized spacial score (nSPS) is 10.8. The molecule has 17 heavy (non-hydrogen) atoms. The zero-order valence-corrected chi connectivity index (χ0v) is 9.98. The van der Waals surface area contributed by atoms with E-state index in [9.17, 15) is 9.59 Å². The van der Waals surface area contributed by atoms with Crippen LogP contribution in [0.5, 0.6) is 0 Å². The number of carbonyl (C=O) groups excluding carboxylic acids is 2. The molecule has 0 saturated heterocycles. The van der Waals surface area contributed by atoms with E-state index in [2.05, 4.69) is 15.8 Å². The molecule has 0 radical (unpaired) electrons. The van der Waals surface area contributed by atoms with Gasteiger partial charge < -0.3 is 9.73 Å². The highest BCUT2D eigenvalue weighted by molar-refractivity contribution is 6.35. The molecule has 2 N–H and O–H groups in total. The van der Waals surface area contributed by atoms with Crippen LogP contribution in [0.4, 0.5) is 0 Å². The molecule has 1 rings (SSSR count). The van der Waals surface area contributed by atoms with Gasteiger partial charge in [-0.15, -0.1) is 0 Å². The molecule has 1 aromatic rings. The zero-order valence-electron chi connectivity index (χ0n) is 9.98. The first-order valence-electron chi connectivity index (χ1n) is 5.19. The number of hydrogen-bond donors (Lipinski definition) is 2. The molecule has 6 heteroatoms. The lowest BCUT2D eigenvalue weighted by Gasteiger charge is -2.05. The molecule has 1 heterocycles.